The van der Waals surface area contributed by atoms with Crippen molar-refractivity contribution in [1.29, 1.82) is 0 Å². The SMILES string of the molecule is O=C1c2c(O)c(=O)ccn2N2CN1CC/C=C/COc1cc(F)c(F)c3c1[C@H]2c1ccccc1SC3. The molecular formula is C26H21F2N3O4S. The number of aromatic hydroxyl groups is 1. The van der Waals surface area contributed by atoms with Gasteiger partial charge in [0.15, 0.2) is 23.1 Å². The maximum Gasteiger partial charge on any atom is 0.277 e. The number of hydrogen-bond donors (Lipinski definition) is 1. The zero-order valence-corrected chi connectivity index (χ0v) is 19.8. The first kappa shape index (κ1) is 22.7. The Morgan fingerprint density at radius 1 is 1.11 bits per heavy atom. The maximum atomic E-state index is 15.3. The third-order valence-corrected chi connectivity index (χ3v) is 7.80. The van der Waals surface area contributed by atoms with E-state index in [2.05, 4.69) is 0 Å². The number of carbonyl (C=O) groups excluding carboxylic acids is 1. The van der Waals surface area contributed by atoms with E-state index in [1.807, 2.05) is 30.3 Å². The van der Waals surface area contributed by atoms with Crippen LogP contribution in [0.25, 0.3) is 0 Å². The number of nitrogens with zero attached hydrogens (tertiary/aromatic N) is 3. The topological polar surface area (TPSA) is 75.0 Å². The molecule has 1 atom stereocenters. The lowest BCUT2D eigenvalue weighted by Gasteiger charge is -2.44. The van der Waals surface area contributed by atoms with E-state index in [4.69, 9.17) is 4.74 Å². The molecule has 36 heavy (non-hydrogen) atoms. The van der Waals surface area contributed by atoms with E-state index in [9.17, 15) is 19.1 Å². The number of benzene rings is 2. The quantitative estimate of drug-likeness (QED) is 0.463. The highest BCUT2D eigenvalue weighted by Gasteiger charge is 2.40. The minimum absolute atomic E-state index is 0.0868. The Balaban J connectivity index is 1.70. The van der Waals surface area contributed by atoms with Crippen LogP contribution in [0.4, 0.5) is 8.78 Å². The van der Waals surface area contributed by atoms with E-state index in [0.717, 1.165) is 16.5 Å². The van der Waals surface area contributed by atoms with Gasteiger partial charge in [-0.15, -0.1) is 11.8 Å². The largest absolute Gasteiger partial charge is 0.502 e. The van der Waals surface area contributed by atoms with Gasteiger partial charge in [-0.25, -0.2) is 8.78 Å². The van der Waals surface area contributed by atoms with E-state index in [-0.39, 0.29) is 36.0 Å². The van der Waals surface area contributed by atoms with Crippen LogP contribution in [-0.4, -0.2) is 40.4 Å². The fourth-order valence-electron chi connectivity index (χ4n) is 5.00. The van der Waals surface area contributed by atoms with Crippen molar-refractivity contribution in [3.8, 4) is 11.5 Å². The van der Waals surface area contributed by atoms with Gasteiger partial charge in [-0.2, -0.15) is 0 Å². The van der Waals surface area contributed by atoms with Crippen LogP contribution >= 0.6 is 11.8 Å². The zero-order chi connectivity index (χ0) is 25.0. The summed E-state index contributed by atoms with van der Waals surface area (Å²) in [5, 5.41) is 12.4. The van der Waals surface area contributed by atoms with Gasteiger partial charge in [0.2, 0.25) is 5.43 Å². The molecule has 6 rings (SSSR count). The number of ether oxygens (including phenoxy) is 1. The number of hydrogen-bond acceptors (Lipinski definition) is 6. The molecule has 0 unspecified atom stereocenters. The molecule has 0 saturated heterocycles. The fraction of sp³-hybridized carbons (Fsp3) is 0.231. The summed E-state index contributed by atoms with van der Waals surface area (Å²) in [6.45, 7) is 0.565. The second-order valence-electron chi connectivity index (χ2n) is 8.73. The lowest BCUT2D eigenvalue weighted by Crippen LogP contribution is -2.55. The Bertz CT molecular complexity index is 1490. The second kappa shape index (κ2) is 8.70. The van der Waals surface area contributed by atoms with Crippen LogP contribution in [0.3, 0.4) is 0 Å². The molecule has 2 aromatic carbocycles. The van der Waals surface area contributed by atoms with Crippen molar-refractivity contribution in [2.24, 2.45) is 0 Å². The molecule has 3 aliphatic rings. The van der Waals surface area contributed by atoms with E-state index < -0.39 is 34.8 Å². The third-order valence-electron chi connectivity index (χ3n) is 6.68. The number of carbonyl (C=O) groups is 1. The highest BCUT2D eigenvalue weighted by Crippen LogP contribution is 2.47. The van der Waals surface area contributed by atoms with Gasteiger partial charge in [0, 0.05) is 46.6 Å². The van der Waals surface area contributed by atoms with Crippen LogP contribution in [0.1, 0.15) is 39.6 Å². The summed E-state index contributed by atoms with van der Waals surface area (Å²) in [5.41, 5.74) is 0.581. The number of thioether (sulfide) groups is 1. The molecule has 2 bridgehead atoms. The molecule has 1 N–H and O–H groups in total. The molecule has 1 aromatic heterocycles. The molecule has 3 aromatic rings. The first-order chi connectivity index (χ1) is 17.5. The van der Waals surface area contributed by atoms with Gasteiger partial charge in [-0.05, 0) is 18.1 Å². The highest BCUT2D eigenvalue weighted by molar-refractivity contribution is 7.98. The lowest BCUT2D eigenvalue weighted by molar-refractivity contribution is 0.0682. The van der Waals surface area contributed by atoms with Crippen LogP contribution in [0.5, 0.6) is 11.5 Å². The van der Waals surface area contributed by atoms with Gasteiger partial charge in [-0.3, -0.25) is 19.3 Å². The van der Waals surface area contributed by atoms with Gasteiger partial charge in [-0.1, -0.05) is 30.4 Å². The highest BCUT2D eigenvalue weighted by atomic mass is 32.2. The number of rotatable bonds is 0. The van der Waals surface area contributed by atoms with Crippen LogP contribution in [0.2, 0.25) is 0 Å². The van der Waals surface area contributed by atoms with Crippen LogP contribution in [-0.2, 0) is 5.75 Å². The Labute approximate surface area is 209 Å². The van der Waals surface area contributed by atoms with Crippen molar-refractivity contribution in [2.75, 3.05) is 24.8 Å². The minimum Gasteiger partial charge on any atom is -0.502 e. The number of amides is 1. The average Bonchev–Trinajstić information content (AvgIpc) is 3.04. The van der Waals surface area contributed by atoms with E-state index in [1.165, 1.54) is 28.7 Å². The average molecular weight is 510 g/mol. The van der Waals surface area contributed by atoms with Crippen LogP contribution in [0, 0.1) is 11.6 Å². The summed E-state index contributed by atoms with van der Waals surface area (Å²) in [5.74, 6) is -2.70. The molecule has 184 valence electrons. The van der Waals surface area contributed by atoms with Gasteiger partial charge < -0.3 is 14.7 Å². The molecule has 0 aliphatic carbocycles. The Morgan fingerprint density at radius 2 is 1.94 bits per heavy atom. The number of pyridine rings is 1. The Morgan fingerprint density at radius 3 is 2.81 bits per heavy atom. The lowest BCUT2D eigenvalue weighted by atomic mass is 9.92. The first-order valence-corrected chi connectivity index (χ1v) is 12.5. The van der Waals surface area contributed by atoms with Crippen molar-refractivity contribution < 1.29 is 23.4 Å². The summed E-state index contributed by atoms with van der Waals surface area (Å²) in [6.07, 6.45) is 5.55. The van der Waals surface area contributed by atoms with Gasteiger partial charge in [0.05, 0.1) is 0 Å². The summed E-state index contributed by atoms with van der Waals surface area (Å²) < 4.78 is 37.5. The molecule has 10 heteroatoms. The smallest absolute Gasteiger partial charge is 0.277 e. The molecule has 1 amide bonds. The maximum absolute atomic E-state index is 15.3. The Hall–Kier alpha value is -3.79. The van der Waals surface area contributed by atoms with E-state index in [1.54, 1.807) is 16.0 Å². The summed E-state index contributed by atoms with van der Waals surface area (Å²) in [4.78, 5) is 28.1. The summed E-state index contributed by atoms with van der Waals surface area (Å²) >= 11 is 1.39. The minimum atomic E-state index is -0.998. The van der Waals surface area contributed by atoms with Crippen molar-refractivity contribution in [1.82, 2.24) is 9.58 Å². The predicted molar refractivity (Wildman–Crippen MR) is 130 cm³/mol. The molecule has 0 fully saturated rings. The van der Waals surface area contributed by atoms with Gasteiger partial charge >= 0.3 is 0 Å². The zero-order valence-electron chi connectivity index (χ0n) is 19.0. The molecule has 0 radical (unpaired) electrons. The van der Waals surface area contributed by atoms with E-state index in [0.29, 0.717) is 18.5 Å². The molecule has 3 aliphatic heterocycles. The van der Waals surface area contributed by atoms with E-state index >= 15 is 4.39 Å². The number of halogens is 2. The first-order valence-electron chi connectivity index (χ1n) is 11.5. The molecule has 0 spiro atoms. The summed E-state index contributed by atoms with van der Waals surface area (Å²) in [7, 11) is 0. The van der Waals surface area contributed by atoms with Crippen LogP contribution in [0.15, 0.2) is 64.4 Å². The fourth-order valence-corrected chi connectivity index (χ4v) is 6.10. The van der Waals surface area contributed by atoms with Gasteiger partial charge in [0.25, 0.3) is 5.91 Å². The van der Waals surface area contributed by atoms with Crippen molar-refractivity contribution in [3.05, 3.63) is 99.0 Å². The number of fused-ring (bicyclic) bond motifs is 7. The second-order valence-corrected chi connectivity index (χ2v) is 9.75. The molecular weight excluding hydrogens is 488 g/mol. The molecule has 7 nitrogen and oxygen atoms in total. The normalized spacial score (nSPS) is 19.6. The third kappa shape index (κ3) is 3.47. The number of aromatic nitrogens is 1. The standard InChI is InChI=1S/C26H21F2N3O4S/c27-17-12-19-21-16(22(17)28)13-36-20-7-3-2-6-15(20)23(21)31-14-29(9-4-1-5-11-35-19)26(34)24-25(33)18(32)8-10-30(24)31/h1-3,5-8,10,12,23,33H,4,9,11,13-14H2/b5-1+/t23-/m1/s1. The van der Waals surface area contributed by atoms with Crippen molar-refractivity contribution in [2.45, 2.75) is 23.1 Å². The molecule has 4 heterocycles. The monoisotopic (exact) mass is 509 g/mol. The Kier molecular flexibility index (Phi) is 5.48. The molecule has 0 saturated carbocycles. The van der Waals surface area contributed by atoms with Gasteiger partial charge in [0.1, 0.15) is 25.1 Å². The van der Waals surface area contributed by atoms with Crippen LogP contribution < -0.4 is 15.2 Å². The van der Waals surface area contributed by atoms with Crippen molar-refractivity contribution >= 4 is 17.7 Å². The predicted octanol–water partition coefficient (Wildman–Crippen LogP) is 3.92. The van der Waals surface area contributed by atoms with Crippen molar-refractivity contribution in [3.63, 3.8) is 0 Å². The summed E-state index contributed by atoms with van der Waals surface area (Å²) in [6, 6.07) is 9.09.